The maximum atomic E-state index is 5.73. The van der Waals surface area contributed by atoms with E-state index in [-0.39, 0.29) is 0 Å². The number of hydrogen-bond acceptors (Lipinski definition) is 4. The zero-order valence-electron chi connectivity index (χ0n) is 10.3. The standard InChI is InChI=1S/C13H17N3O2/c1-2-4-13-12(3-1)14-11-16(13)18-10-7-15-5-8-17-9-6-15/h1-4,11H,5-10H2. The van der Waals surface area contributed by atoms with Crippen molar-refractivity contribution in [1.82, 2.24) is 14.6 Å². The number of para-hydroxylation sites is 2. The molecule has 1 aromatic carbocycles. The van der Waals surface area contributed by atoms with Gasteiger partial charge in [-0.15, -0.1) is 0 Å². The molecule has 0 N–H and O–H groups in total. The Balaban J connectivity index is 1.56. The highest BCUT2D eigenvalue weighted by Gasteiger charge is 2.10. The van der Waals surface area contributed by atoms with Crippen LogP contribution < -0.4 is 4.84 Å². The molecule has 1 aliphatic rings. The number of imidazole rings is 1. The van der Waals surface area contributed by atoms with Gasteiger partial charge in [-0.3, -0.25) is 4.90 Å². The molecule has 0 atom stereocenters. The number of fused-ring (bicyclic) bond motifs is 1. The molecular weight excluding hydrogens is 230 g/mol. The summed E-state index contributed by atoms with van der Waals surface area (Å²) in [5.74, 6) is 0. The van der Waals surface area contributed by atoms with Crippen molar-refractivity contribution in [1.29, 1.82) is 0 Å². The van der Waals surface area contributed by atoms with E-state index in [4.69, 9.17) is 9.57 Å². The van der Waals surface area contributed by atoms with E-state index in [9.17, 15) is 0 Å². The number of ether oxygens (including phenoxy) is 1. The molecule has 5 nitrogen and oxygen atoms in total. The lowest BCUT2D eigenvalue weighted by Crippen LogP contribution is -2.39. The first-order valence-corrected chi connectivity index (χ1v) is 6.29. The van der Waals surface area contributed by atoms with Gasteiger partial charge in [0.1, 0.15) is 18.5 Å². The molecule has 3 rings (SSSR count). The summed E-state index contributed by atoms with van der Waals surface area (Å²) in [7, 11) is 0. The van der Waals surface area contributed by atoms with Crippen LogP contribution >= 0.6 is 0 Å². The van der Waals surface area contributed by atoms with Gasteiger partial charge < -0.3 is 9.57 Å². The average Bonchev–Trinajstić information content (AvgIpc) is 2.84. The summed E-state index contributed by atoms with van der Waals surface area (Å²) < 4.78 is 7.06. The van der Waals surface area contributed by atoms with Crippen LogP contribution in [-0.4, -0.2) is 54.1 Å². The Bertz CT molecular complexity index is 506. The lowest BCUT2D eigenvalue weighted by molar-refractivity contribution is 0.0189. The van der Waals surface area contributed by atoms with Gasteiger partial charge in [-0.25, -0.2) is 4.98 Å². The molecule has 0 bridgehead atoms. The number of morpholine rings is 1. The van der Waals surface area contributed by atoms with Crippen LogP contribution in [0.5, 0.6) is 0 Å². The second-order valence-electron chi connectivity index (χ2n) is 4.35. The fraction of sp³-hybridized carbons (Fsp3) is 0.462. The lowest BCUT2D eigenvalue weighted by Gasteiger charge is -2.26. The highest BCUT2D eigenvalue weighted by Crippen LogP contribution is 2.09. The van der Waals surface area contributed by atoms with Crippen molar-refractivity contribution in [3.8, 4) is 0 Å². The van der Waals surface area contributed by atoms with Crippen molar-refractivity contribution in [3.63, 3.8) is 0 Å². The van der Waals surface area contributed by atoms with Crippen molar-refractivity contribution >= 4 is 11.0 Å². The lowest BCUT2D eigenvalue weighted by atomic mass is 10.3. The zero-order chi connectivity index (χ0) is 12.2. The Morgan fingerprint density at radius 1 is 1.22 bits per heavy atom. The van der Waals surface area contributed by atoms with Crippen LogP contribution in [0.25, 0.3) is 11.0 Å². The van der Waals surface area contributed by atoms with Gasteiger partial charge in [-0.05, 0) is 12.1 Å². The molecule has 0 amide bonds. The first-order chi connectivity index (χ1) is 8.93. The summed E-state index contributed by atoms with van der Waals surface area (Å²) in [5.41, 5.74) is 1.98. The average molecular weight is 247 g/mol. The third kappa shape index (κ3) is 2.47. The van der Waals surface area contributed by atoms with Crippen LogP contribution in [0.15, 0.2) is 30.6 Å². The number of nitrogens with zero attached hydrogens (tertiary/aromatic N) is 3. The Kier molecular flexibility index (Phi) is 3.43. The minimum absolute atomic E-state index is 0.667. The van der Waals surface area contributed by atoms with Gasteiger partial charge in [0.15, 0.2) is 0 Å². The van der Waals surface area contributed by atoms with Gasteiger partial charge in [0.2, 0.25) is 0 Å². The van der Waals surface area contributed by atoms with Crippen molar-refractivity contribution in [2.45, 2.75) is 0 Å². The second kappa shape index (κ2) is 5.37. The second-order valence-corrected chi connectivity index (χ2v) is 4.35. The minimum atomic E-state index is 0.667. The summed E-state index contributed by atoms with van der Waals surface area (Å²) in [6.07, 6.45) is 1.73. The molecule has 5 heteroatoms. The van der Waals surface area contributed by atoms with Crippen LogP contribution in [0.4, 0.5) is 0 Å². The fourth-order valence-corrected chi connectivity index (χ4v) is 2.13. The monoisotopic (exact) mass is 247 g/mol. The van der Waals surface area contributed by atoms with E-state index >= 15 is 0 Å². The molecule has 0 aliphatic carbocycles. The first-order valence-electron chi connectivity index (χ1n) is 6.29. The summed E-state index contributed by atoms with van der Waals surface area (Å²) >= 11 is 0. The zero-order valence-corrected chi connectivity index (χ0v) is 10.3. The maximum absolute atomic E-state index is 5.73. The molecule has 0 saturated carbocycles. The molecule has 0 radical (unpaired) electrons. The van der Waals surface area contributed by atoms with Crippen molar-refractivity contribution in [2.24, 2.45) is 0 Å². The van der Waals surface area contributed by atoms with Gasteiger partial charge >= 0.3 is 0 Å². The van der Waals surface area contributed by atoms with E-state index in [1.165, 1.54) is 0 Å². The molecule has 1 aliphatic heterocycles. The molecule has 18 heavy (non-hydrogen) atoms. The minimum Gasteiger partial charge on any atom is -0.411 e. The summed E-state index contributed by atoms with van der Waals surface area (Å²) in [5, 5.41) is 0. The maximum Gasteiger partial charge on any atom is 0.133 e. The predicted molar refractivity (Wildman–Crippen MR) is 68.4 cm³/mol. The molecule has 1 fully saturated rings. The molecule has 0 unspecified atom stereocenters. The Hall–Kier alpha value is -1.59. The molecule has 1 saturated heterocycles. The van der Waals surface area contributed by atoms with Crippen LogP contribution in [0.1, 0.15) is 0 Å². The van der Waals surface area contributed by atoms with E-state index < -0.39 is 0 Å². The summed E-state index contributed by atoms with van der Waals surface area (Å²) in [6.45, 7) is 5.24. The largest absolute Gasteiger partial charge is 0.411 e. The molecule has 2 heterocycles. The van der Waals surface area contributed by atoms with Gasteiger partial charge in [0.25, 0.3) is 0 Å². The predicted octanol–water partition coefficient (Wildman–Crippen LogP) is 0.797. The first kappa shape index (κ1) is 11.5. The third-order valence-corrected chi connectivity index (χ3v) is 3.16. The van der Waals surface area contributed by atoms with Gasteiger partial charge in [0, 0.05) is 19.6 Å². The summed E-state index contributed by atoms with van der Waals surface area (Å²) in [4.78, 5) is 12.4. The highest BCUT2D eigenvalue weighted by atomic mass is 16.7. The van der Waals surface area contributed by atoms with E-state index in [1.54, 1.807) is 11.1 Å². The Labute approximate surface area is 106 Å². The van der Waals surface area contributed by atoms with E-state index in [1.807, 2.05) is 24.3 Å². The van der Waals surface area contributed by atoms with Gasteiger partial charge in [0.05, 0.1) is 18.7 Å². The van der Waals surface area contributed by atoms with Gasteiger partial charge in [-0.2, -0.15) is 4.73 Å². The molecule has 2 aromatic rings. The molecule has 96 valence electrons. The van der Waals surface area contributed by atoms with E-state index in [0.29, 0.717) is 6.61 Å². The summed E-state index contributed by atoms with van der Waals surface area (Å²) in [6, 6.07) is 7.97. The quantitative estimate of drug-likeness (QED) is 0.801. The highest BCUT2D eigenvalue weighted by molar-refractivity contribution is 5.74. The topological polar surface area (TPSA) is 39.5 Å². The van der Waals surface area contributed by atoms with Crippen LogP contribution in [0.3, 0.4) is 0 Å². The number of benzene rings is 1. The van der Waals surface area contributed by atoms with E-state index in [0.717, 1.165) is 43.9 Å². The Morgan fingerprint density at radius 3 is 2.94 bits per heavy atom. The van der Waals surface area contributed by atoms with Crippen molar-refractivity contribution < 1.29 is 9.57 Å². The normalized spacial score (nSPS) is 17.1. The van der Waals surface area contributed by atoms with Crippen LogP contribution in [-0.2, 0) is 4.74 Å². The smallest absolute Gasteiger partial charge is 0.133 e. The third-order valence-electron chi connectivity index (χ3n) is 3.16. The van der Waals surface area contributed by atoms with Crippen molar-refractivity contribution in [3.05, 3.63) is 30.6 Å². The van der Waals surface area contributed by atoms with Gasteiger partial charge in [-0.1, -0.05) is 12.1 Å². The number of hydrogen-bond donors (Lipinski definition) is 0. The number of rotatable bonds is 4. The molecular formula is C13H17N3O2. The van der Waals surface area contributed by atoms with Crippen LogP contribution in [0.2, 0.25) is 0 Å². The number of aromatic nitrogens is 2. The fourth-order valence-electron chi connectivity index (χ4n) is 2.13. The van der Waals surface area contributed by atoms with Crippen LogP contribution in [0, 0.1) is 0 Å². The van der Waals surface area contributed by atoms with E-state index in [2.05, 4.69) is 9.88 Å². The SMILES string of the molecule is c1ccc2c(c1)ncn2OCCN1CCOCC1. The Morgan fingerprint density at radius 2 is 2.06 bits per heavy atom. The molecule has 1 aromatic heterocycles. The molecule has 0 spiro atoms. The van der Waals surface area contributed by atoms with Crippen molar-refractivity contribution in [2.75, 3.05) is 39.5 Å².